The van der Waals surface area contributed by atoms with Gasteiger partial charge in [0, 0.05) is 28.9 Å². The average molecular weight is 314 g/mol. The minimum Gasteiger partial charge on any atom is -0.348 e. The number of rotatable bonds is 1. The van der Waals surface area contributed by atoms with Crippen molar-refractivity contribution in [2.75, 3.05) is 11.9 Å². The zero-order valence-corrected chi connectivity index (χ0v) is 13.9. The lowest BCUT2D eigenvalue weighted by atomic mass is 9.85. The molecule has 22 heavy (non-hydrogen) atoms. The first-order valence-electron chi connectivity index (χ1n) is 7.03. The van der Waals surface area contributed by atoms with E-state index >= 15 is 0 Å². The first kappa shape index (κ1) is 16.2. The van der Waals surface area contributed by atoms with Crippen LogP contribution < -0.4 is 4.90 Å². The highest BCUT2D eigenvalue weighted by atomic mass is 35.5. The molecule has 0 atom stereocenters. The molecule has 0 radical (unpaired) electrons. The molecule has 0 aliphatic carbocycles. The molecule has 0 spiro atoms. The van der Waals surface area contributed by atoms with Gasteiger partial charge in [0.25, 0.3) is 0 Å². The molecule has 3 rings (SSSR count). The molecule has 4 heteroatoms. The lowest BCUT2D eigenvalue weighted by Crippen LogP contribution is -2.21. The predicted octanol–water partition coefficient (Wildman–Crippen LogP) is 5.93. The second-order valence-corrected chi connectivity index (χ2v) is 6.17. The topological polar surface area (TPSA) is 39.5 Å². The van der Waals surface area contributed by atoms with Gasteiger partial charge in [-0.15, -0.1) is 0 Å². The third-order valence-corrected chi connectivity index (χ3v) is 4.27. The molecule has 114 valence electrons. The molecular weight excluding hydrogens is 294 g/mol. The van der Waals surface area contributed by atoms with Crippen molar-refractivity contribution in [3.8, 4) is 0 Å². The molecule has 0 fully saturated rings. The highest BCUT2D eigenvalue weighted by molar-refractivity contribution is 6.30. The number of hydrogen-bond acceptors (Lipinski definition) is 3. The summed E-state index contributed by atoms with van der Waals surface area (Å²) in [5, 5.41) is 3.87. The molecule has 2 aromatic rings. The van der Waals surface area contributed by atoms with Crippen molar-refractivity contribution in [1.29, 1.82) is 5.53 Å². The largest absolute Gasteiger partial charge is 0.348 e. The summed E-state index contributed by atoms with van der Waals surface area (Å²) in [6, 6.07) is 15.3. The van der Waals surface area contributed by atoms with Crippen LogP contribution in [-0.4, -0.2) is 7.05 Å². The number of halogens is 1. The predicted molar refractivity (Wildman–Crippen MR) is 93.3 cm³/mol. The summed E-state index contributed by atoms with van der Waals surface area (Å²) in [4.78, 5) is 2.18. The van der Waals surface area contributed by atoms with E-state index < -0.39 is 0 Å². The molecule has 1 heterocycles. The van der Waals surface area contributed by atoms with Crippen LogP contribution in [0.25, 0.3) is 0 Å². The van der Waals surface area contributed by atoms with Gasteiger partial charge in [0.1, 0.15) is 0 Å². The maximum Gasteiger partial charge on any atom is 0.0851 e. The quantitative estimate of drug-likeness (QED) is 0.651. The van der Waals surface area contributed by atoms with Crippen LogP contribution in [0.5, 0.6) is 0 Å². The van der Waals surface area contributed by atoms with E-state index in [4.69, 9.17) is 17.1 Å². The molecule has 0 bridgehead atoms. The normalized spacial score (nSPS) is 14.9. The maximum absolute atomic E-state index is 6.60. The molecule has 1 N–H and O–H groups in total. The van der Waals surface area contributed by atoms with Crippen LogP contribution in [0, 0.1) is 5.53 Å². The fraction of sp³-hybridized carbons (Fsp3) is 0.222. The van der Waals surface area contributed by atoms with Crippen molar-refractivity contribution < 1.29 is 0 Å². The number of nitrogens with zero attached hydrogens (tertiary/aromatic N) is 2. The molecule has 0 aromatic heterocycles. The van der Waals surface area contributed by atoms with E-state index in [1.54, 1.807) is 24.3 Å². The summed E-state index contributed by atoms with van der Waals surface area (Å²) in [5.74, 6) is 0. The van der Waals surface area contributed by atoms with Crippen LogP contribution in [0.15, 0.2) is 65.9 Å². The minimum absolute atomic E-state index is 0.0886. The van der Waals surface area contributed by atoms with Gasteiger partial charge in [-0.25, -0.2) is 5.53 Å². The third kappa shape index (κ3) is 3.04. The van der Waals surface area contributed by atoms with Gasteiger partial charge < -0.3 is 4.90 Å². The van der Waals surface area contributed by atoms with Crippen molar-refractivity contribution in [2.24, 2.45) is 5.11 Å². The number of anilines is 1. The average Bonchev–Trinajstić information content (AvgIpc) is 2.71. The third-order valence-electron chi connectivity index (χ3n) is 4.02. The van der Waals surface area contributed by atoms with Gasteiger partial charge in [0.15, 0.2) is 0 Å². The molecule has 0 amide bonds. The number of nitrogens with one attached hydrogen (secondary N) is 1. The Morgan fingerprint density at radius 3 is 2.23 bits per heavy atom. The Balaban J connectivity index is 0.000000172. The summed E-state index contributed by atoms with van der Waals surface area (Å²) in [5.41, 5.74) is 11.2. The van der Waals surface area contributed by atoms with Crippen LogP contribution in [0.4, 0.5) is 11.4 Å². The highest BCUT2D eigenvalue weighted by Crippen LogP contribution is 2.45. The van der Waals surface area contributed by atoms with E-state index in [0.29, 0.717) is 10.7 Å². The molecule has 0 saturated carbocycles. The summed E-state index contributed by atoms with van der Waals surface area (Å²) in [6.45, 7) is 8.57. The molecule has 0 saturated heterocycles. The summed E-state index contributed by atoms with van der Waals surface area (Å²) < 4.78 is 0. The van der Waals surface area contributed by atoms with Gasteiger partial charge in [0.2, 0.25) is 0 Å². The van der Waals surface area contributed by atoms with E-state index in [1.807, 2.05) is 0 Å². The van der Waals surface area contributed by atoms with Crippen LogP contribution in [0.2, 0.25) is 5.02 Å². The number of para-hydroxylation sites is 1. The van der Waals surface area contributed by atoms with Gasteiger partial charge in [0.05, 0.1) is 5.69 Å². The fourth-order valence-electron chi connectivity index (χ4n) is 2.53. The van der Waals surface area contributed by atoms with Crippen LogP contribution in [-0.2, 0) is 5.41 Å². The Hall–Kier alpha value is -2.13. The number of likely N-dealkylation sites (N-methyl/N-ethyl adjacent to an activating group) is 1. The van der Waals surface area contributed by atoms with Crippen molar-refractivity contribution in [1.82, 2.24) is 0 Å². The smallest absolute Gasteiger partial charge is 0.0851 e. The van der Waals surface area contributed by atoms with E-state index in [0.717, 1.165) is 0 Å². The SMILES string of the molecule is C=C1N(C)c2ccccc2C1(C)C.N=Nc1ccc(Cl)cc1. The summed E-state index contributed by atoms with van der Waals surface area (Å²) >= 11 is 5.57. The highest BCUT2D eigenvalue weighted by Gasteiger charge is 2.36. The Morgan fingerprint density at radius 1 is 1.09 bits per heavy atom. The monoisotopic (exact) mass is 313 g/mol. The first-order chi connectivity index (χ1) is 10.4. The Kier molecular flexibility index (Phi) is 4.67. The van der Waals surface area contributed by atoms with Crippen molar-refractivity contribution in [3.05, 3.63) is 71.4 Å². The van der Waals surface area contributed by atoms with E-state index in [2.05, 4.69) is 61.8 Å². The van der Waals surface area contributed by atoms with Crippen molar-refractivity contribution >= 4 is 23.0 Å². The number of allylic oxidation sites excluding steroid dienone is 1. The molecule has 1 aliphatic heterocycles. The van der Waals surface area contributed by atoms with Gasteiger partial charge in [-0.1, -0.05) is 50.2 Å². The van der Waals surface area contributed by atoms with Gasteiger partial charge in [-0.2, -0.15) is 5.11 Å². The lowest BCUT2D eigenvalue weighted by molar-refractivity contribution is 0.643. The molecule has 2 aromatic carbocycles. The molecule has 0 unspecified atom stereocenters. The second-order valence-electron chi connectivity index (χ2n) is 5.74. The van der Waals surface area contributed by atoms with Gasteiger partial charge in [-0.05, 0) is 35.9 Å². The van der Waals surface area contributed by atoms with Crippen LogP contribution >= 0.6 is 11.6 Å². The maximum atomic E-state index is 6.60. The standard InChI is InChI=1S/C12H15N.C6H5ClN2/c1-9-12(2,3)10-7-5-6-8-11(10)13(9)4;7-5-1-3-6(9-8)4-2-5/h5-8H,1H2,2-4H3;1-4,8H. The molecule has 1 aliphatic rings. The van der Waals surface area contributed by atoms with Gasteiger partial charge in [-0.3, -0.25) is 0 Å². The number of fused-ring (bicyclic) bond motifs is 1. The van der Waals surface area contributed by atoms with Crippen molar-refractivity contribution in [2.45, 2.75) is 19.3 Å². The van der Waals surface area contributed by atoms with E-state index in [9.17, 15) is 0 Å². The lowest BCUT2D eigenvalue weighted by Gasteiger charge is -2.22. The number of benzene rings is 2. The molecular formula is C18H20ClN3. The second kappa shape index (κ2) is 6.32. The zero-order valence-electron chi connectivity index (χ0n) is 13.1. The summed E-state index contributed by atoms with van der Waals surface area (Å²) in [7, 11) is 2.08. The minimum atomic E-state index is 0.0886. The van der Waals surface area contributed by atoms with Crippen LogP contribution in [0.1, 0.15) is 19.4 Å². The van der Waals surface area contributed by atoms with E-state index in [1.165, 1.54) is 16.9 Å². The molecule has 3 nitrogen and oxygen atoms in total. The first-order valence-corrected chi connectivity index (χ1v) is 7.41. The fourth-order valence-corrected chi connectivity index (χ4v) is 2.66. The van der Waals surface area contributed by atoms with Crippen LogP contribution in [0.3, 0.4) is 0 Å². The Bertz CT molecular complexity index is 690. The van der Waals surface area contributed by atoms with E-state index in [-0.39, 0.29) is 5.41 Å². The Labute approximate surface area is 136 Å². The zero-order chi connectivity index (χ0) is 16.3. The van der Waals surface area contributed by atoms with Crippen molar-refractivity contribution in [3.63, 3.8) is 0 Å². The summed E-state index contributed by atoms with van der Waals surface area (Å²) in [6.07, 6.45) is 0. The Morgan fingerprint density at radius 2 is 1.68 bits per heavy atom. The number of hydrogen-bond donors (Lipinski definition) is 1. The van der Waals surface area contributed by atoms with Gasteiger partial charge >= 0.3 is 0 Å².